The van der Waals surface area contributed by atoms with E-state index in [1.807, 2.05) is 6.92 Å². The second-order valence-corrected chi connectivity index (χ2v) is 10.6. The highest BCUT2D eigenvalue weighted by Crippen LogP contribution is 2.63. The normalized spacial score (nSPS) is 28.5. The Morgan fingerprint density at radius 1 is 1.23 bits per heavy atom. The largest absolute Gasteiger partial charge is 0.273 e. The molecule has 0 saturated heterocycles. The topological polar surface area (TPSA) is 75.6 Å². The molecule has 2 aliphatic carbocycles. The van der Waals surface area contributed by atoms with Crippen molar-refractivity contribution in [2.24, 2.45) is 21.8 Å². The molecular weight excluding hydrogens is 348 g/mol. The number of hydrogen-bond acceptors (Lipinski definition) is 4. The minimum Gasteiger partial charge on any atom is -0.273 e. The van der Waals surface area contributed by atoms with Gasteiger partial charge in [0.25, 0.3) is 0 Å². The maximum absolute atomic E-state index is 12.3. The molecule has 1 amide bonds. The predicted octanol–water partition coefficient (Wildman–Crippen LogP) is 3.48. The van der Waals surface area contributed by atoms with Gasteiger partial charge in [0, 0.05) is 17.5 Å². The molecule has 3 rings (SSSR count). The van der Waals surface area contributed by atoms with Gasteiger partial charge < -0.3 is 0 Å². The molecule has 0 spiro atoms. The first-order chi connectivity index (χ1) is 12.1. The Balaban J connectivity index is 1.59. The molecule has 1 aromatic carbocycles. The van der Waals surface area contributed by atoms with Crippen molar-refractivity contribution in [2.45, 2.75) is 58.3 Å². The van der Waals surface area contributed by atoms with E-state index < -0.39 is 9.84 Å². The number of carbonyl (C=O) groups is 1. The molecule has 1 aromatic rings. The lowest BCUT2D eigenvalue weighted by molar-refractivity contribution is -0.120. The van der Waals surface area contributed by atoms with E-state index in [4.69, 9.17) is 0 Å². The van der Waals surface area contributed by atoms with Crippen molar-refractivity contribution < 1.29 is 13.2 Å². The Bertz CT molecular complexity index is 840. The number of sulfone groups is 1. The number of amides is 1. The second-order valence-electron chi connectivity index (χ2n) is 8.47. The van der Waals surface area contributed by atoms with Gasteiger partial charge in [0.2, 0.25) is 5.91 Å². The third kappa shape index (κ3) is 3.20. The van der Waals surface area contributed by atoms with Crippen LogP contribution in [-0.2, 0) is 14.6 Å². The smallest absolute Gasteiger partial charge is 0.241 e. The van der Waals surface area contributed by atoms with Crippen LogP contribution in [-0.4, -0.2) is 25.8 Å². The van der Waals surface area contributed by atoms with Crippen molar-refractivity contribution in [3.63, 3.8) is 0 Å². The molecule has 0 aromatic heterocycles. The molecule has 142 valence electrons. The number of aryl methyl sites for hydroxylation is 1. The van der Waals surface area contributed by atoms with Crippen molar-refractivity contribution in [3.05, 3.63) is 29.8 Å². The fourth-order valence-electron chi connectivity index (χ4n) is 4.37. The Labute approximate surface area is 156 Å². The van der Waals surface area contributed by atoms with E-state index in [2.05, 4.69) is 31.3 Å². The Hall–Kier alpha value is -1.69. The maximum atomic E-state index is 12.3. The van der Waals surface area contributed by atoms with Crippen molar-refractivity contribution >= 4 is 21.5 Å². The van der Waals surface area contributed by atoms with E-state index in [1.54, 1.807) is 24.3 Å². The molecule has 5 nitrogen and oxygen atoms in total. The van der Waals surface area contributed by atoms with Crippen molar-refractivity contribution in [3.8, 4) is 0 Å². The average molecular weight is 377 g/mol. The number of hydrazone groups is 1. The number of nitrogens with zero attached hydrogens (tertiary/aromatic N) is 1. The first-order valence-corrected chi connectivity index (χ1v) is 10.9. The van der Waals surface area contributed by atoms with Gasteiger partial charge in [0.1, 0.15) is 0 Å². The summed E-state index contributed by atoms with van der Waals surface area (Å²) in [5, 5.41) is 4.38. The Kier molecular flexibility index (Phi) is 4.76. The number of rotatable bonds is 5. The van der Waals surface area contributed by atoms with Crippen LogP contribution < -0.4 is 5.43 Å². The van der Waals surface area contributed by atoms with Gasteiger partial charge in [-0.3, -0.25) is 4.79 Å². The lowest BCUT2D eigenvalue weighted by Crippen LogP contribution is -2.34. The van der Waals surface area contributed by atoms with Crippen LogP contribution in [0.25, 0.3) is 0 Å². The van der Waals surface area contributed by atoms with Gasteiger partial charge >= 0.3 is 0 Å². The molecule has 6 heteroatoms. The van der Waals surface area contributed by atoms with Crippen molar-refractivity contribution in [2.75, 3.05) is 5.75 Å². The van der Waals surface area contributed by atoms with Crippen LogP contribution in [0.3, 0.4) is 0 Å². The number of fused-ring (bicyclic) bond motifs is 2. The first kappa shape index (κ1) is 19.1. The van der Waals surface area contributed by atoms with Gasteiger partial charge in [-0.2, -0.15) is 5.10 Å². The van der Waals surface area contributed by atoms with Crippen molar-refractivity contribution in [1.29, 1.82) is 0 Å². The minimum absolute atomic E-state index is 0.0267. The fourth-order valence-corrected chi connectivity index (χ4v) is 5.61. The highest BCUT2D eigenvalue weighted by molar-refractivity contribution is 7.91. The van der Waals surface area contributed by atoms with Crippen LogP contribution in [0.15, 0.2) is 34.3 Å². The predicted molar refractivity (Wildman–Crippen MR) is 103 cm³/mol. The van der Waals surface area contributed by atoms with Gasteiger partial charge in [0.05, 0.1) is 10.6 Å². The summed E-state index contributed by atoms with van der Waals surface area (Å²) in [7, 11) is -3.46. The Morgan fingerprint density at radius 3 is 2.42 bits per heavy atom. The summed E-state index contributed by atoms with van der Waals surface area (Å²) < 4.78 is 24.7. The maximum Gasteiger partial charge on any atom is 0.241 e. The summed E-state index contributed by atoms with van der Waals surface area (Å²) in [6.07, 6.45) is 3.15. The second kappa shape index (κ2) is 6.48. The summed E-state index contributed by atoms with van der Waals surface area (Å²) in [5.41, 5.74) is 4.87. The molecule has 2 aliphatic rings. The number of carbonyl (C=O) groups excluding carboxylic acids is 1. The molecule has 26 heavy (non-hydrogen) atoms. The molecule has 2 saturated carbocycles. The van der Waals surface area contributed by atoms with Crippen LogP contribution in [0.1, 0.15) is 52.0 Å². The van der Waals surface area contributed by atoms with Crippen LogP contribution in [0.4, 0.5) is 0 Å². The lowest BCUT2D eigenvalue weighted by atomic mass is 9.70. The summed E-state index contributed by atoms with van der Waals surface area (Å²) in [4.78, 5) is 12.4. The minimum atomic E-state index is -3.46. The van der Waals surface area contributed by atoms with Gasteiger partial charge in [-0.05, 0) is 49.7 Å². The highest BCUT2D eigenvalue weighted by atomic mass is 32.2. The van der Waals surface area contributed by atoms with E-state index in [9.17, 15) is 13.2 Å². The third-order valence-electron chi connectivity index (χ3n) is 6.81. The summed E-state index contributed by atoms with van der Waals surface area (Å²) in [5.74, 6) is 0.0560. The molecule has 0 aliphatic heterocycles. The molecule has 2 bridgehead atoms. The number of benzene rings is 1. The van der Waals surface area contributed by atoms with E-state index in [0.717, 1.165) is 24.1 Å². The SMILES string of the molecule is Cc1ccc(S(=O)(=O)CCC(=O)N/N=C2/C[C@H]3CC[C@@]2(C)C3(C)C)cc1. The van der Waals surface area contributed by atoms with Crippen LogP contribution >= 0.6 is 0 Å². The molecule has 0 heterocycles. The molecule has 2 fully saturated rings. The van der Waals surface area contributed by atoms with Crippen LogP contribution in [0, 0.1) is 23.7 Å². The summed E-state index contributed by atoms with van der Waals surface area (Å²) in [6, 6.07) is 6.69. The zero-order valence-corrected chi connectivity index (χ0v) is 16.8. The highest BCUT2D eigenvalue weighted by Gasteiger charge is 2.60. The van der Waals surface area contributed by atoms with E-state index in [1.165, 1.54) is 6.42 Å². The zero-order valence-electron chi connectivity index (χ0n) is 16.0. The molecular formula is C20H28N2O3S. The third-order valence-corrected chi connectivity index (χ3v) is 8.54. The molecule has 0 radical (unpaired) electrons. The summed E-state index contributed by atoms with van der Waals surface area (Å²) >= 11 is 0. The Morgan fingerprint density at radius 2 is 1.88 bits per heavy atom. The quantitative estimate of drug-likeness (QED) is 0.800. The zero-order chi connectivity index (χ0) is 19.2. The monoisotopic (exact) mass is 376 g/mol. The fraction of sp³-hybridized carbons (Fsp3) is 0.600. The van der Waals surface area contributed by atoms with Gasteiger partial charge in [-0.1, -0.05) is 38.5 Å². The molecule has 2 atom stereocenters. The number of hydrogen-bond donors (Lipinski definition) is 1. The first-order valence-electron chi connectivity index (χ1n) is 9.21. The van der Waals surface area contributed by atoms with E-state index in [-0.39, 0.29) is 33.8 Å². The lowest BCUT2D eigenvalue weighted by Gasteiger charge is -2.34. The van der Waals surface area contributed by atoms with Crippen LogP contribution in [0.5, 0.6) is 0 Å². The van der Waals surface area contributed by atoms with Gasteiger partial charge in [-0.25, -0.2) is 13.8 Å². The summed E-state index contributed by atoms with van der Waals surface area (Å²) in [6.45, 7) is 8.69. The average Bonchev–Trinajstić information content (AvgIpc) is 2.92. The van der Waals surface area contributed by atoms with Gasteiger partial charge in [0.15, 0.2) is 9.84 Å². The van der Waals surface area contributed by atoms with E-state index >= 15 is 0 Å². The molecule has 0 unspecified atom stereocenters. The number of nitrogens with one attached hydrogen (secondary N) is 1. The van der Waals surface area contributed by atoms with Gasteiger partial charge in [-0.15, -0.1) is 0 Å². The standard InChI is InChI=1S/C20H28N2O3S/c1-14-5-7-16(8-6-14)26(24,25)12-10-18(23)22-21-17-13-15-9-11-20(17,4)19(15,2)3/h5-8,15H,9-13H2,1-4H3,(H,22,23)/b21-17-/t15-,20-/m1/s1. The van der Waals surface area contributed by atoms with E-state index in [0.29, 0.717) is 5.92 Å². The molecule has 1 N–H and O–H groups in total. The van der Waals surface area contributed by atoms with Crippen LogP contribution in [0.2, 0.25) is 0 Å². The van der Waals surface area contributed by atoms with Crippen molar-refractivity contribution in [1.82, 2.24) is 5.43 Å².